The minimum absolute atomic E-state index is 0.331. The van der Waals surface area contributed by atoms with Crippen LogP contribution in [0, 0.1) is 0 Å². The molecular formula is C5H10F2O3S. The third-order valence-electron chi connectivity index (χ3n) is 1.10. The van der Waals surface area contributed by atoms with Gasteiger partial charge in [-0.15, -0.1) is 0 Å². The minimum Gasteiger partial charge on any atom is -0.390 e. The quantitative estimate of drug-likeness (QED) is 0.678. The lowest BCUT2D eigenvalue weighted by molar-refractivity contribution is -0.0289. The molecule has 0 amide bonds. The van der Waals surface area contributed by atoms with Gasteiger partial charge in [-0.1, -0.05) is 6.92 Å². The van der Waals surface area contributed by atoms with Crippen molar-refractivity contribution in [1.82, 2.24) is 0 Å². The first-order valence-electron chi connectivity index (χ1n) is 3.02. The highest BCUT2D eigenvalue weighted by molar-refractivity contribution is 7.91. The van der Waals surface area contributed by atoms with Gasteiger partial charge in [-0.05, 0) is 0 Å². The molecule has 3 nitrogen and oxygen atoms in total. The first-order chi connectivity index (χ1) is 4.83. The fourth-order valence-corrected chi connectivity index (χ4v) is 1.41. The largest absolute Gasteiger partial charge is 0.390 e. The maximum atomic E-state index is 12.2. The van der Waals surface area contributed by atoms with E-state index in [2.05, 4.69) is 0 Å². The van der Waals surface area contributed by atoms with Crippen LogP contribution in [0.25, 0.3) is 0 Å². The zero-order valence-corrected chi connectivity index (χ0v) is 6.87. The molecule has 0 aliphatic heterocycles. The second-order valence-electron chi connectivity index (χ2n) is 2.19. The predicted molar refractivity (Wildman–Crippen MR) is 36.4 cm³/mol. The van der Waals surface area contributed by atoms with Gasteiger partial charge in [-0.3, -0.25) is 0 Å². The highest BCUT2D eigenvalue weighted by atomic mass is 32.2. The Morgan fingerprint density at radius 3 is 2.18 bits per heavy atom. The van der Waals surface area contributed by atoms with E-state index in [-0.39, 0.29) is 5.75 Å². The van der Waals surface area contributed by atoms with E-state index >= 15 is 0 Å². The van der Waals surface area contributed by atoms with Gasteiger partial charge in [-0.25, -0.2) is 17.2 Å². The van der Waals surface area contributed by atoms with Crippen molar-refractivity contribution in [1.29, 1.82) is 0 Å². The molecule has 0 saturated carbocycles. The van der Waals surface area contributed by atoms with E-state index in [1.807, 2.05) is 0 Å². The summed E-state index contributed by atoms with van der Waals surface area (Å²) in [6.07, 6.45) is 0. The lowest BCUT2D eigenvalue weighted by atomic mass is 10.4. The summed E-state index contributed by atoms with van der Waals surface area (Å²) in [5, 5.41) is 8.04. The van der Waals surface area contributed by atoms with Gasteiger partial charge in [0.05, 0.1) is 0 Å². The highest BCUT2D eigenvalue weighted by Crippen LogP contribution is 2.14. The molecule has 0 saturated heterocycles. The monoisotopic (exact) mass is 188 g/mol. The lowest BCUT2D eigenvalue weighted by Crippen LogP contribution is -2.32. The van der Waals surface area contributed by atoms with Crippen LogP contribution in [0.4, 0.5) is 8.78 Å². The summed E-state index contributed by atoms with van der Waals surface area (Å²) in [5.74, 6) is -5.11. The molecule has 0 bridgehead atoms. The van der Waals surface area contributed by atoms with Crippen molar-refractivity contribution in [2.45, 2.75) is 12.8 Å². The van der Waals surface area contributed by atoms with Crippen molar-refractivity contribution >= 4 is 9.84 Å². The molecule has 11 heavy (non-hydrogen) atoms. The molecule has 0 atom stereocenters. The normalized spacial score (nSPS) is 13.5. The molecule has 0 radical (unpaired) electrons. The summed E-state index contributed by atoms with van der Waals surface area (Å²) < 4.78 is 45.6. The van der Waals surface area contributed by atoms with Gasteiger partial charge >= 0.3 is 0 Å². The Kier molecular flexibility index (Phi) is 3.37. The second kappa shape index (κ2) is 3.44. The van der Waals surface area contributed by atoms with Crippen LogP contribution in [-0.4, -0.2) is 37.6 Å². The topological polar surface area (TPSA) is 54.4 Å². The number of hydrogen-bond acceptors (Lipinski definition) is 3. The van der Waals surface area contributed by atoms with Crippen molar-refractivity contribution in [2.24, 2.45) is 0 Å². The maximum Gasteiger partial charge on any atom is 0.284 e. The number of halogens is 2. The molecule has 6 heteroatoms. The van der Waals surface area contributed by atoms with Crippen LogP contribution in [0.3, 0.4) is 0 Å². The molecule has 0 aliphatic rings. The third kappa shape index (κ3) is 4.26. The van der Waals surface area contributed by atoms with E-state index in [9.17, 15) is 17.2 Å². The van der Waals surface area contributed by atoms with Crippen molar-refractivity contribution in [3.05, 3.63) is 0 Å². The molecule has 0 heterocycles. The number of sulfone groups is 1. The van der Waals surface area contributed by atoms with Crippen LogP contribution in [0.2, 0.25) is 0 Å². The molecule has 0 aromatic rings. The Morgan fingerprint density at radius 2 is 1.91 bits per heavy atom. The summed E-state index contributed by atoms with van der Waals surface area (Å²) in [6, 6.07) is 0. The smallest absolute Gasteiger partial charge is 0.284 e. The van der Waals surface area contributed by atoms with E-state index < -0.39 is 28.1 Å². The van der Waals surface area contributed by atoms with Crippen LogP contribution in [0.1, 0.15) is 6.92 Å². The molecule has 0 aromatic heterocycles. The van der Waals surface area contributed by atoms with Gasteiger partial charge < -0.3 is 5.11 Å². The minimum atomic E-state index is -3.70. The molecule has 0 spiro atoms. The van der Waals surface area contributed by atoms with Crippen LogP contribution in [0.5, 0.6) is 0 Å². The summed E-state index contributed by atoms with van der Waals surface area (Å²) in [7, 11) is -3.70. The van der Waals surface area contributed by atoms with Crippen LogP contribution in [0.15, 0.2) is 0 Å². The SMILES string of the molecule is CCS(=O)(=O)CC(F)(F)CO. The molecule has 0 aromatic carbocycles. The summed E-state index contributed by atoms with van der Waals surface area (Å²) in [6.45, 7) is -0.144. The molecule has 68 valence electrons. The first-order valence-corrected chi connectivity index (χ1v) is 4.84. The van der Waals surface area contributed by atoms with Crippen LogP contribution < -0.4 is 0 Å². The molecule has 0 aliphatic carbocycles. The van der Waals surface area contributed by atoms with E-state index in [1.54, 1.807) is 0 Å². The standard InChI is InChI=1S/C5H10F2O3S/c1-2-11(9,10)4-5(6,7)3-8/h8H,2-4H2,1H3. The molecular weight excluding hydrogens is 178 g/mol. The summed E-state index contributed by atoms with van der Waals surface area (Å²) in [5.41, 5.74) is 0. The van der Waals surface area contributed by atoms with Crippen molar-refractivity contribution in [3.8, 4) is 0 Å². The first kappa shape index (κ1) is 10.8. The highest BCUT2D eigenvalue weighted by Gasteiger charge is 2.33. The summed E-state index contributed by atoms with van der Waals surface area (Å²) >= 11 is 0. The Labute approximate surface area is 63.9 Å². The van der Waals surface area contributed by atoms with E-state index in [4.69, 9.17) is 5.11 Å². The molecule has 0 unspecified atom stereocenters. The fourth-order valence-electron chi connectivity index (χ4n) is 0.469. The Hall–Kier alpha value is -0.230. The van der Waals surface area contributed by atoms with Crippen LogP contribution >= 0.6 is 0 Å². The van der Waals surface area contributed by atoms with Crippen molar-refractivity contribution in [3.63, 3.8) is 0 Å². The predicted octanol–water partition coefficient (Wildman–Crippen LogP) is 0.0487. The number of aliphatic hydroxyl groups is 1. The average molecular weight is 188 g/mol. The average Bonchev–Trinajstić information content (AvgIpc) is 1.86. The number of aliphatic hydroxyl groups excluding tert-OH is 1. The van der Waals surface area contributed by atoms with E-state index in [0.717, 1.165) is 0 Å². The lowest BCUT2D eigenvalue weighted by Gasteiger charge is -2.11. The van der Waals surface area contributed by atoms with E-state index in [0.29, 0.717) is 0 Å². The Balaban J connectivity index is 4.26. The fraction of sp³-hybridized carbons (Fsp3) is 1.00. The summed E-state index contributed by atoms with van der Waals surface area (Å²) in [4.78, 5) is 0. The maximum absolute atomic E-state index is 12.2. The van der Waals surface area contributed by atoms with Gasteiger partial charge in [0.25, 0.3) is 5.92 Å². The van der Waals surface area contributed by atoms with Crippen molar-refractivity contribution in [2.75, 3.05) is 18.1 Å². The van der Waals surface area contributed by atoms with E-state index in [1.165, 1.54) is 6.92 Å². The molecule has 0 rings (SSSR count). The number of rotatable bonds is 4. The number of hydrogen-bond donors (Lipinski definition) is 1. The van der Waals surface area contributed by atoms with Gasteiger partial charge in [0.1, 0.15) is 12.4 Å². The van der Waals surface area contributed by atoms with Gasteiger partial charge in [0, 0.05) is 5.75 Å². The molecule has 1 N–H and O–H groups in total. The molecule has 0 fully saturated rings. The number of alkyl halides is 2. The third-order valence-corrected chi connectivity index (χ3v) is 2.84. The second-order valence-corrected chi connectivity index (χ2v) is 4.54. The zero-order chi connectivity index (χ0) is 9.12. The van der Waals surface area contributed by atoms with Crippen molar-refractivity contribution < 1.29 is 22.3 Å². The Morgan fingerprint density at radius 1 is 1.45 bits per heavy atom. The van der Waals surface area contributed by atoms with Gasteiger partial charge in [-0.2, -0.15) is 0 Å². The van der Waals surface area contributed by atoms with Crippen LogP contribution in [-0.2, 0) is 9.84 Å². The van der Waals surface area contributed by atoms with Gasteiger partial charge in [0.2, 0.25) is 0 Å². The van der Waals surface area contributed by atoms with Gasteiger partial charge in [0.15, 0.2) is 9.84 Å². The zero-order valence-electron chi connectivity index (χ0n) is 6.05. The Bertz CT molecular complexity index is 210.